The van der Waals surface area contributed by atoms with Crippen LogP contribution in [-0.2, 0) is 11.3 Å². The van der Waals surface area contributed by atoms with E-state index in [1.54, 1.807) is 0 Å². The second-order valence-electron chi connectivity index (χ2n) is 5.99. The molecule has 11 heteroatoms. The first kappa shape index (κ1) is 16.8. The summed E-state index contributed by atoms with van der Waals surface area (Å²) in [5.41, 5.74) is 5.29. The van der Waals surface area contributed by atoms with Gasteiger partial charge in [-0.3, -0.25) is 14.3 Å². The summed E-state index contributed by atoms with van der Waals surface area (Å²) in [7, 11) is 3.63. The largest absolute Gasteiger partial charge is 0.394 e. The Labute approximate surface area is 136 Å². The van der Waals surface area contributed by atoms with E-state index < -0.39 is 36.7 Å². The lowest BCUT2D eigenvalue weighted by Gasteiger charge is -2.20. The number of nitrogens with zero attached hydrogens (tertiary/aromatic N) is 4. The van der Waals surface area contributed by atoms with E-state index in [1.165, 1.54) is 4.57 Å². The summed E-state index contributed by atoms with van der Waals surface area (Å²) < 4.78 is 6.99. The van der Waals surface area contributed by atoms with Gasteiger partial charge in [0.2, 0.25) is 5.95 Å². The van der Waals surface area contributed by atoms with Crippen LogP contribution in [0.25, 0.3) is 11.2 Å². The maximum Gasteiger partial charge on any atom is 0.280 e. The Morgan fingerprint density at radius 2 is 2.04 bits per heavy atom. The van der Waals surface area contributed by atoms with Crippen LogP contribution in [0.3, 0.4) is 0 Å². The van der Waals surface area contributed by atoms with Crippen molar-refractivity contribution < 1.29 is 20.1 Å². The summed E-state index contributed by atoms with van der Waals surface area (Å²) in [6.45, 7) is -0.122. The van der Waals surface area contributed by atoms with E-state index in [4.69, 9.17) is 10.5 Å². The van der Waals surface area contributed by atoms with Crippen molar-refractivity contribution >= 4 is 17.1 Å². The van der Waals surface area contributed by atoms with Crippen LogP contribution in [0.15, 0.2) is 4.79 Å². The number of aromatic amines is 1. The number of ether oxygens (including phenoxy) is 1. The van der Waals surface area contributed by atoms with Gasteiger partial charge in [0.15, 0.2) is 17.4 Å². The first-order valence-electron chi connectivity index (χ1n) is 7.37. The minimum Gasteiger partial charge on any atom is -0.394 e. The third-order valence-electron chi connectivity index (χ3n) is 3.87. The zero-order valence-electron chi connectivity index (χ0n) is 13.2. The number of anilines is 1. The molecule has 0 amide bonds. The topological polar surface area (TPSA) is 163 Å². The number of nitrogen functional groups attached to an aromatic ring is 1. The fraction of sp³-hybridized carbons (Fsp3) is 0.615. The molecule has 0 radical (unpaired) electrons. The van der Waals surface area contributed by atoms with Crippen LogP contribution in [0.1, 0.15) is 12.1 Å². The monoisotopic (exact) mass is 340 g/mol. The van der Waals surface area contributed by atoms with Gasteiger partial charge in [-0.15, -0.1) is 0 Å². The summed E-state index contributed by atoms with van der Waals surface area (Å²) in [6, 6.07) is 0. The van der Waals surface area contributed by atoms with Gasteiger partial charge in [-0.25, -0.2) is 4.98 Å². The molecule has 2 unspecified atom stereocenters. The molecule has 4 atom stereocenters. The molecule has 1 aliphatic heterocycles. The second-order valence-corrected chi connectivity index (χ2v) is 5.99. The highest BCUT2D eigenvalue weighted by molar-refractivity contribution is 5.71. The molecule has 1 aliphatic rings. The summed E-state index contributed by atoms with van der Waals surface area (Å²) in [5, 5.41) is 29.5. The highest BCUT2D eigenvalue weighted by Crippen LogP contribution is 2.32. The van der Waals surface area contributed by atoms with E-state index >= 15 is 0 Å². The van der Waals surface area contributed by atoms with E-state index in [0.29, 0.717) is 12.4 Å². The van der Waals surface area contributed by atoms with Gasteiger partial charge in [0, 0.05) is 0 Å². The molecule has 0 aliphatic carbocycles. The number of nitrogens with two attached hydrogens (primary N) is 1. The Morgan fingerprint density at radius 1 is 1.33 bits per heavy atom. The van der Waals surface area contributed by atoms with Crippen LogP contribution in [-0.4, -0.2) is 78.8 Å². The van der Waals surface area contributed by atoms with Crippen molar-refractivity contribution in [2.75, 3.05) is 26.4 Å². The van der Waals surface area contributed by atoms with Crippen molar-refractivity contribution in [3.63, 3.8) is 0 Å². The molecule has 1 saturated heterocycles. The first-order chi connectivity index (χ1) is 11.3. The van der Waals surface area contributed by atoms with Crippen molar-refractivity contribution in [3.05, 3.63) is 16.2 Å². The number of rotatable bonds is 4. The van der Waals surface area contributed by atoms with Crippen LogP contribution < -0.4 is 11.3 Å². The van der Waals surface area contributed by atoms with Crippen molar-refractivity contribution in [1.29, 1.82) is 0 Å². The van der Waals surface area contributed by atoms with Gasteiger partial charge < -0.3 is 30.7 Å². The van der Waals surface area contributed by atoms with Gasteiger partial charge in [0.1, 0.15) is 24.1 Å². The minimum absolute atomic E-state index is 0.0544. The molecule has 0 saturated carbocycles. The van der Waals surface area contributed by atoms with E-state index in [0.717, 1.165) is 0 Å². The number of nitrogens with one attached hydrogen (secondary N) is 1. The minimum atomic E-state index is -1.32. The number of hydrogen-bond donors (Lipinski definition) is 5. The molecule has 11 nitrogen and oxygen atoms in total. The van der Waals surface area contributed by atoms with Crippen LogP contribution in [0.5, 0.6) is 0 Å². The summed E-state index contributed by atoms with van der Waals surface area (Å²) >= 11 is 0. The first-order valence-corrected chi connectivity index (χ1v) is 7.37. The Hall–Kier alpha value is -2.05. The van der Waals surface area contributed by atoms with Crippen molar-refractivity contribution in [3.8, 4) is 0 Å². The summed E-state index contributed by atoms with van der Waals surface area (Å²) in [4.78, 5) is 24.6. The van der Waals surface area contributed by atoms with Gasteiger partial charge in [-0.2, -0.15) is 4.98 Å². The SMILES string of the molecule is CN(C)Cc1nc2c(=O)[nH]c(N)nc2n1C1OC(CO)[C@@H](O)[C@H]1O. The standard InChI is InChI=1S/C13H20N6O5/c1-18(2)3-6-15-7-10(16-13(14)17-11(7)23)19(6)12-9(22)8(21)5(4-20)24-12/h5,8-9,12,20-22H,3-4H2,1-2H3,(H3,14,16,17,23)/t5?,8-,9-,12?/m1/s1. The molecule has 3 heterocycles. The number of aliphatic hydroxyl groups is 3. The van der Waals surface area contributed by atoms with Gasteiger partial charge >= 0.3 is 0 Å². The Balaban J connectivity index is 2.19. The number of aromatic nitrogens is 4. The predicted octanol–water partition coefficient (Wildman–Crippen LogP) is -2.63. The third-order valence-corrected chi connectivity index (χ3v) is 3.87. The Bertz CT molecular complexity index is 802. The van der Waals surface area contributed by atoms with E-state index in [9.17, 15) is 20.1 Å². The molecule has 24 heavy (non-hydrogen) atoms. The van der Waals surface area contributed by atoms with Crippen LogP contribution in [0.2, 0.25) is 0 Å². The van der Waals surface area contributed by atoms with Gasteiger partial charge in [0.05, 0.1) is 13.2 Å². The average molecular weight is 340 g/mol. The lowest BCUT2D eigenvalue weighted by Crippen LogP contribution is -2.33. The van der Waals surface area contributed by atoms with Gasteiger partial charge in [-0.1, -0.05) is 0 Å². The average Bonchev–Trinajstić information content (AvgIpc) is 2.98. The second kappa shape index (κ2) is 6.11. The van der Waals surface area contributed by atoms with Crippen molar-refractivity contribution in [2.24, 2.45) is 0 Å². The predicted molar refractivity (Wildman–Crippen MR) is 83.0 cm³/mol. The van der Waals surface area contributed by atoms with Crippen molar-refractivity contribution in [2.45, 2.75) is 31.1 Å². The smallest absolute Gasteiger partial charge is 0.280 e. The highest BCUT2D eigenvalue weighted by atomic mass is 16.6. The fourth-order valence-corrected chi connectivity index (χ4v) is 2.80. The van der Waals surface area contributed by atoms with Crippen LogP contribution in [0.4, 0.5) is 5.95 Å². The van der Waals surface area contributed by atoms with Crippen LogP contribution in [0, 0.1) is 0 Å². The van der Waals surface area contributed by atoms with E-state index in [2.05, 4.69) is 15.0 Å². The van der Waals surface area contributed by atoms with E-state index in [-0.39, 0.29) is 17.1 Å². The normalized spacial score (nSPS) is 27.4. The lowest BCUT2D eigenvalue weighted by molar-refractivity contribution is -0.0527. The summed E-state index contributed by atoms with van der Waals surface area (Å²) in [6.07, 6.45) is -4.59. The Morgan fingerprint density at radius 3 is 2.62 bits per heavy atom. The highest BCUT2D eigenvalue weighted by Gasteiger charge is 2.45. The van der Waals surface area contributed by atoms with Gasteiger partial charge in [0.25, 0.3) is 5.56 Å². The molecule has 6 N–H and O–H groups in total. The molecule has 132 valence electrons. The lowest BCUT2D eigenvalue weighted by atomic mass is 10.1. The van der Waals surface area contributed by atoms with E-state index in [1.807, 2.05) is 19.0 Å². The maximum absolute atomic E-state index is 12.1. The number of aliphatic hydroxyl groups excluding tert-OH is 3. The van der Waals surface area contributed by atoms with Gasteiger partial charge in [-0.05, 0) is 14.1 Å². The quantitative estimate of drug-likeness (QED) is 0.401. The molecular weight excluding hydrogens is 320 g/mol. The molecule has 2 aromatic heterocycles. The number of hydrogen-bond acceptors (Lipinski definition) is 9. The molecule has 0 spiro atoms. The van der Waals surface area contributed by atoms with Crippen molar-refractivity contribution in [1.82, 2.24) is 24.4 Å². The third kappa shape index (κ3) is 2.65. The molecule has 0 aromatic carbocycles. The molecule has 3 rings (SSSR count). The zero-order valence-corrected chi connectivity index (χ0v) is 13.2. The maximum atomic E-state index is 12.1. The zero-order chi connectivity index (χ0) is 17.6. The number of H-pyrrole nitrogens is 1. The fourth-order valence-electron chi connectivity index (χ4n) is 2.80. The Kier molecular flexibility index (Phi) is 4.27. The molecule has 0 bridgehead atoms. The number of imidazole rings is 1. The molecule has 1 fully saturated rings. The number of fused-ring (bicyclic) bond motifs is 1. The summed E-state index contributed by atoms with van der Waals surface area (Å²) in [5.74, 6) is 0.310. The van der Waals surface area contributed by atoms with Crippen LogP contribution >= 0.6 is 0 Å². The molecule has 2 aromatic rings. The molecular formula is C13H20N6O5.